The lowest BCUT2D eigenvalue weighted by Crippen LogP contribution is -2.18. The summed E-state index contributed by atoms with van der Waals surface area (Å²) in [5.41, 5.74) is 0.0492. The van der Waals surface area contributed by atoms with E-state index in [4.69, 9.17) is 26.2 Å². The van der Waals surface area contributed by atoms with E-state index in [0.29, 0.717) is 24.7 Å². The van der Waals surface area contributed by atoms with Crippen LogP contribution < -0.4 is 14.8 Å². The fourth-order valence-corrected chi connectivity index (χ4v) is 2.46. The molecule has 2 aromatic rings. The zero-order chi connectivity index (χ0) is 17.3. The van der Waals surface area contributed by atoms with E-state index in [0.717, 1.165) is 6.07 Å². The number of amides is 1. The average Bonchev–Trinajstić information content (AvgIpc) is 2.55. The number of hydrogen-bond donors (Lipinski definition) is 3. The van der Waals surface area contributed by atoms with Crippen molar-refractivity contribution in [2.45, 2.75) is 0 Å². The average molecular weight is 350 g/mol. The van der Waals surface area contributed by atoms with E-state index in [2.05, 4.69) is 5.32 Å². The van der Waals surface area contributed by atoms with Crippen molar-refractivity contribution < 1.29 is 29.3 Å². The van der Waals surface area contributed by atoms with Gasteiger partial charge in [-0.25, -0.2) is 4.79 Å². The number of carbonyl (C=O) groups is 2. The van der Waals surface area contributed by atoms with Gasteiger partial charge in [-0.3, -0.25) is 4.79 Å². The number of benzene rings is 2. The Hall–Kier alpha value is -2.93. The fraction of sp³-hybridized carbons (Fsp3) is 0.125. The van der Waals surface area contributed by atoms with Crippen LogP contribution in [-0.2, 0) is 0 Å². The normalized spacial score (nSPS) is 12.5. The standard InChI is InChI=1S/C16H12ClNO6/c17-11-7-14-13(23-3-4-24-14)6-9(11)15(20)18-8-1-2-12(19)10(5-8)16(21)22/h1-2,5-7,19H,3-4H2,(H,18,20)(H,21,22). The van der Waals surface area contributed by atoms with Crippen molar-refractivity contribution in [3.05, 3.63) is 46.5 Å². The Kier molecular flexibility index (Phi) is 4.18. The predicted molar refractivity (Wildman–Crippen MR) is 85.5 cm³/mol. The third-order valence-electron chi connectivity index (χ3n) is 3.36. The summed E-state index contributed by atoms with van der Waals surface area (Å²) < 4.78 is 10.8. The van der Waals surface area contributed by atoms with Crippen LogP contribution in [0.2, 0.25) is 5.02 Å². The van der Waals surface area contributed by atoms with Gasteiger partial charge < -0.3 is 25.0 Å². The van der Waals surface area contributed by atoms with Gasteiger partial charge in [0.2, 0.25) is 0 Å². The lowest BCUT2D eigenvalue weighted by atomic mass is 10.1. The number of hydrogen-bond acceptors (Lipinski definition) is 5. The first-order valence-corrected chi connectivity index (χ1v) is 7.30. The summed E-state index contributed by atoms with van der Waals surface area (Å²) in [6, 6.07) is 6.67. The summed E-state index contributed by atoms with van der Waals surface area (Å²) in [4.78, 5) is 23.4. The summed E-state index contributed by atoms with van der Waals surface area (Å²) in [6.07, 6.45) is 0. The van der Waals surface area contributed by atoms with Crippen molar-refractivity contribution in [3.8, 4) is 17.2 Å². The van der Waals surface area contributed by atoms with E-state index in [1.165, 1.54) is 24.3 Å². The van der Waals surface area contributed by atoms with Crippen molar-refractivity contribution in [1.82, 2.24) is 0 Å². The van der Waals surface area contributed by atoms with Gasteiger partial charge in [0.1, 0.15) is 24.5 Å². The van der Waals surface area contributed by atoms with Gasteiger partial charge in [0.15, 0.2) is 11.5 Å². The second kappa shape index (κ2) is 6.29. The first-order valence-electron chi connectivity index (χ1n) is 6.92. The first kappa shape index (κ1) is 15.9. The molecule has 8 heteroatoms. The lowest BCUT2D eigenvalue weighted by Gasteiger charge is -2.19. The van der Waals surface area contributed by atoms with Crippen LogP contribution in [0.3, 0.4) is 0 Å². The molecule has 124 valence electrons. The minimum atomic E-state index is -1.30. The molecular formula is C16H12ClNO6. The highest BCUT2D eigenvalue weighted by atomic mass is 35.5. The molecule has 0 fully saturated rings. The number of fused-ring (bicyclic) bond motifs is 1. The molecule has 0 bridgehead atoms. The van der Waals surface area contributed by atoms with E-state index in [1.54, 1.807) is 0 Å². The molecule has 1 amide bonds. The zero-order valence-corrected chi connectivity index (χ0v) is 13.0. The highest BCUT2D eigenvalue weighted by Crippen LogP contribution is 2.35. The fourth-order valence-electron chi connectivity index (χ4n) is 2.22. The number of halogens is 1. The summed E-state index contributed by atoms with van der Waals surface area (Å²) in [5.74, 6) is -1.37. The maximum absolute atomic E-state index is 12.4. The second-order valence-corrected chi connectivity index (χ2v) is 5.37. The minimum Gasteiger partial charge on any atom is -0.507 e. The Bertz CT molecular complexity index is 836. The molecule has 1 heterocycles. The quantitative estimate of drug-likeness (QED) is 0.736. The lowest BCUT2D eigenvalue weighted by molar-refractivity contribution is 0.0693. The summed E-state index contributed by atoms with van der Waals surface area (Å²) >= 11 is 6.10. The molecule has 2 aromatic carbocycles. The van der Waals surface area contributed by atoms with Crippen LogP contribution in [0.15, 0.2) is 30.3 Å². The Morgan fingerprint density at radius 1 is 1.04 bits per heavy atom. The second-order valence-electron chi connectivity index (χ2n) is 4.97. The SMILES string of the molecule is O=C(O)c1cc(NC(=O)c2cc3c(cc2Cl)OCCO3)ccc1O. The van der Waals surface area contributed by atoms with Crippen LogP contribution in [0.4, 0.5) is 5.69 Å². The third kappa shape index (κ3) is 3.07. The van der Waals surface area contributed by atoms with Crippen LogP contribution in [0, 0.1) is 0 Å². The van der Waals surface area contributed by atoms with Gasteiger partial charge in [0.05, 0.1) is 10.6 Å². The van der Waals surface area contributed by atoms with E-state index in [9.17, 15) is 14.7 Å². The smallest absolute Gasteiger partial charge is 0.339 e. The molecule has 0 saturated heterocycles. The number of carboxylic acid groups (broad SMARTS) is 1. The molecule has 0 atom stereocenters. The van der Waals surface area contributed by atoms with E-state index in [1.807, 2.05) is 0 Å². The monoisotopic (exact) mass is 349 g/mol. The van der Waals surface area contributed by atoms with Crippen molar-refractivity contribution in [2.24, 2.45) is 0 Å². The summed E-state index contributed by atoms with van der Waals surface area (Å²) in [6.45, 7) is 0.774. The van der Waals surface area contributed by atoms with Crippen LogP contribution in [0.25, 0.3) is 0 Å². The van der Waals surface area contributed by atoms with Gasteiger partial charge in [-0.1, -0.05) is 11.6 Å². The van der Waals surface area contributed by atoms with Crippen LogP contribution >= 0.6 is 11.6 Å². The van der Waals surface area contributed by atoms with E-state index >= 15 is 0 Å². The zero-order valence-electron chi connectivity index (χ0n) is 12.2. The number of nitrogens with one attached hydrogen (secondary N) is 1. The van der Waals surface area contributed by atoms with Gasteiger partial charge in [-0.2, -0.15) is 0 Å². The Labute approximate surface area is 141 Å². The highest BCUT2D eigenvalue weighted by molar-refractivity contribution is 6.34. The number of aromatic carboxylic acids is 1. The predicted octanol–water partition coefficient (Wildman–Crippen LogP) is 2.77. The van der Waals surface area contributed by atoms with Crippen LogP contribution in [0.5, 0.6) is 17.2 Å². The van der Waals surface area contributed by atoms with Gasteiger partial charge in [0.25, 0.3) is 5.91 Å². The summed E-state index contributed by atoms with van der Waals surface area (Å²) in [7, 11) is 0. The largest absolute Gasteiger partial charge is 0.507 e. The van der Waals surface area contributed by atoms with E-state index < -0.39 is 17.6 Å². The van der Waals surface area contributed by atoms with Crippen molar-refractivity contribution in [1.29, 1.82) is 0 Å². The highest BCUT2D eigenvalue weighted by Gasteiger charge is 2.20. The molecule has 0 unspecified atom stereocenters. The molecule has 0 aromatic heterocycles. The van der Waals surface area contributed by atoms with Gasteiger partial charge in [0, 0.05) is 11.8 Å². The number of carbonyl (C=O) groups excluding carboxylic acids is 1. The Balaban J connectivity index is 1.88. The topological polar surface area (TPSA) is 105 Å². The molecule has 0 radical (unpaired) electrons. The van der Waals surface area contributed by atoms with Crippen LogP contribution in [0.1, 0.15) is 20.7 Å². The maximum atomic E-state index is 12.4. The molecule has 24 heavy (non-hydrogen) atoms. The van der Waals surface area contributed by atoms with Gasteiger partial charge in [-0.15, -0.1) is 0 Å². The molecule has 0 saturated carbocycles. The number of anilines is 1. The van der Waals surface area contributed by atoms with E-state index in [-0.39, 0.29) is 21.8 Å². The molecule has 0 spiro atoms. The van der Waals surface area contributed by atoms with Gasteiger partial charge in [-0.05, 0) is 24.3 Å². The van der Waals surface area contributed by atoms with Gasteiger partial charge >= 0.3 is 5.97 Å². The Morgan fingerprint density at radius 3 is 2.38 bits per heavy atom. The summed E-state index contributed by atoms with van der Waals surface area (Å²) in [5, 5.41) is 21.2. The maximum Gasteiger partial charge on any atom is 0.339 e. The number of aromatic hydroxyl groups is 1. The van der Waals surface area contributed by atoms with Crippen molar-refractivity contribution in [3.63, 3.8) is 0 Å². The number of carboxylic acids is 1. The van der Waals surface area contributed by atoms with Crippen molar-refractivity contribution in [2.75, 3.05) is 18.5 Å². The number of ether oxygens (including phenoxy) is 2. The number of rotatable bonds is 3. The third-order valence-corrected chi connectivity index (χ3v) is 3.67. The molecule has 1 aliphatic heterocycles. The number of phenols is 1. The molecule has 3 rings (SSSR count). The minimum absolute atomic E-state index is 0.158. The first-order chi connectivity index (χ1) is 11.5. The Morgan fingerprint density at radius 2 is 1.71 bits per heavy atom. The molecule has 0 aliphatic carbocycles. The molecule has 1 aliphatic rings. The van der Waals surface area contributed by atoms with Crippen LogP contribution in [-0.4, -0.2) is 35.3 Å². The molecule has 7 nitrogen and oxygen atoms in total. The molecular weight excluding hydrogens is 338 g/mol. The van der Waals surface area contributed by atoms with Crippen molar-refractivity contribution >= 4 is 29.2 Å². The molecule has 3 N–H and O–H groups in total.